The second-order valence-electron chi connectivity index (χ2n) is 3.03. The lowest BCUT2D eigenvalue weighted by Crippen LogP contribution is -2.07. The maximum atomic E-state index is 4.07. The van der Waals surface area contributed by atoms with Gasteiger partial charge in [-0.05, 0) is 29.5 Å². The number of nitrogens with zero attached hydrogens (tertiary/aromatic N) is 4. The van der Waals surface area contributed by atoms with Crippen molar-refractivity contribution in [1.82, 2.24) is 19.8 Å². The number of para-hydroxylation sites is 1. The van der Waals surface area contributed by atoms with Gasteiger partial charge < -0.3 is 0 Å². The third-order valence-electron chi connectivity index (χ3n) is 2.14. The maximum Gasteiger partial charge on any atom is 0.115 e. The van der Waals surface area contributed by atoms with Gasteiger partial charge in [0.25, 0.3) is 0 Å². The van der Waals surface area contributed by atoms with Crippen LogP contribution in [0.4, 0.5) is 0 Å². The van der Waals surface area contributed by atoms with Crippen LogP contribution < -0.4 is 0 Å². The lowest BCUT2D eigenvalue weighted by atomic mass is 10.3. The van der Waals surface area contributed by atoms with Crippen LogP contribution in [0.15, 0.2) is 48.8 Å². The van der Waals surface area contributed by atoms with E-state index in [4.69, 9.17) is 0 Å². The van der Waals surface area contributed by atoms with Gasteiger partial charge in [-0.25, -0.2) is 4.68 Å². The highest BCUT2D eigenvalue weighted by Gasteiger charge is 2.02. The zero-order valence-electron chi connectivity index (χ0n) is 7.41. The molecule has 0 atom stereocenters. The maximum absolute atomic E-state index is 4.07. The fraction of sp³-hybridized carbons (Fsp3) is 0. The zero-order chi connectivity index (χ0) is 9.38. The molecule has 0 aliphatic heterocycles. The summed E-state index contributed by atoms with van der Waals surface area (Å²) in [6, 6.07) is 11.8. The van der Waals surface area contributed by atoms with E-state index in [0.29, 0.717) is 0 Å². The van der Waals surface area contributed by atoms with Gasteiger partial charge in [-0.15, -0.1) is 9.89 Å². The number of aromatic nitrogens is 4. The van der Waals surface area contributed by atoms with Crippen LogP contribution in [0.3, 0.4) is 0 Å². The highest BCUT2D eigenvalue weighted by Crippen LogP contribution is 2.09. The van der Waals surface area contributed by atoms with Crippen molar-refractivity contribution in [3.8, 4) is 0 Å². The van der Waals surface area contributed by atoms with Crippen molar-refractivity contribution < 1.29 is 0 Å². The van der Waals surface area contributed by atoms with Crippen LogP contribution in [0.5, 0.6) is 0 Å². The van der Waals surface area contributed by atoms with Crippen molar-refractivity contribution in [2.75, 3.05) is 0 Å². The Morgan fingerprint density at radius 1 is 0.929 bits per heavy atom. The predicted molar refractivity (Wildman–Crippen MR) is 52.8 cm³/mol. The molecule has 4 nitrogen and oxygen atoms in total. The normalized spacial score (nSPS) is 10.9. The highest BCUT2D eigenvalue weighted by atomic mass is 15.6. The van der Waals surface area contributed by atoms with E-state index in [9.17, 15) is 0 Å². The average molecular weight is 184 g/mol. The lowest BCUT2D eigenvalue weighted by Gasteiger charge is -2.01. The number of benzene rings is 1. The minimum absolute atomic E-state index is 0.904. The van der Waals surface area contributed by atoms with Gasteiger partial charge in [-0.2, -0.15) is 0 Å². The molecule has 2 aromatic heterocycles. The van der Waals surface area contributed by atoms with E-state index in [1.807, 2.05) is 53.5 Å². The summed E-state index contributed by atoms with van der Waals surface area (Å²) in [6.45, 7) is 0. The Balaban J connectivity index is 2.33. The number of rotatable bonds is 1. The molecule has 14 heavy (non-hydrogen) atoms. The number of fused-ring (bicyclic) bond motifs is 1. The summed E-state index contributed by atoms with van der Waals surface area (Å²) in [4.78, 5) is 1.76. The Labute approximate surface area is 80.4 Å². The molecule has 0 aliphatic carbocycles. The second kappa shape index (κ2) is 2.70. The van der Waals surface area contributed by atoms with Gasteiger partial charge in [-0.1, -0.05) is 12.1 Å². The fourth-order valence-electron chi connectivity index (χ4n) is 1.48. The summed E-state index contributed by atoms with van der Waals surface area (Å²) in [6.07, 6.45) is 3.86. The summed E-state index contributed by atoms with van der Waals surface area (Å²) < 4.78 is 1.88. The first-order valence-corrected chi connectivity index (χ1v) is 4.39. The van der Waals surface area contributed by atoms with Crippen LogP contribution in [0, 0.1) is 0 Å². The summed E-state index contributed by atoms with van der Waals surface area (Å²) >= 11 is 0. The summed E-state index contributed by atoms with van der Waals surface area (Å²) in [5, 5.41) is 8.13. The molecular formula is C10H8N4. The van der Waals surface area contributed by atoms with Crippen molar-refractivity contribution in [2.24, 2.45) is 0 Å². The van der Waals surface area contributed by atoms with Crippen LogP contribution in [0.1, 0.15) is 0 Å². The summed E-state index contributed by atoms with van der Waals surface area (Å²) in [5.41, 5.74) is 1.91. The molecule has 0 bridgehead atoms. The van der Waals surface area contributed by atoms with Crippen molar-refractivity contribution in [3.05, 3.63) is 48.8 Å². The van der Waals surface area contributed by atoms with Crippen molar-refractivity contribution in [3.63, 3.8) is 0 Å². The minimum atomic E-state index is 0.904. The molecule has 0 fully saturated rings. The first-order valence-electron chi connectivity index (χ1n) is 4.39. The van der Waals surface area contributed by atoms with Crippen molar-refractivity contribution >= 4 is 11.0 Å². The smallest absolute Gasteiger partial charge is 0.115 e. The molecule has 0 spiro atoms. The molecule has 0 N–H and O–H groups in total. The van der Waals surface area contributed by atoms with Crippen LogP contribution >= 0.6 is 0 Å². The number of hydrogen-bond acceptors (Lipinski definition) is 2. The van der Waals surface area contributed by atoms with E-state index in [2.05, 4.69) is 10.3 Å². The van der Waals surface area contributed by atoms with Gasteiger partial charge in [-0.3, -0.25) is 0 Å². The van der Waals surface area contributed by atoms with Gasteiger partial charge in [0, 0.05) is 12.4 Å². The molecule has 2 heterocycles. The minimum Gasteiger partial charge on any atom is -0.246 e. The summed E-state index contributed by atoms with van der Waals surface area (Å²) in [7, 11) is 0. The Hall–Kier alpha value is -2.10. The Morgan fingerprint density at radius 3 is 2.57 bits per heavy atom. The van der Waals surface area contributed by atoms with Crippen molar-refractivity contribution in [2.45, 2.75) is 0 Å². The lowest BCUT2D eigenvalue weighted by molar-refractivity contribution is 0.571. The molecule has 3 rings (SSSR count). The standard InChI is InChI=1S/C10H8N4/c1-2-6-10-9(5-1)11-12-14(10)13-7-3-4-8-13/h1-8H. The summed E-state index contributed by atoms with van der Waals surface area (Å²) in [5.74, 6) is 0. The fourth-order valence-corrected chi connectivity index (χ4v) is 1.48. The van der Waals surface area contributed by atoms with E-state index in [1.165, 1.54) is 0 Å². The second-order valence-corrected chi connectivity index (χ2v) is 3.03. The average Bonchev–Trinajstić information content (AvgIpc) is 2.85. The highest BCUT2D eigenvalue weighted by molar-refractivity contribution is 5.73. The SMILES string of the molecule is c1ccc2c(c1)nnn2-n1cccc1. The molecule has 0 saturated carbocycles. The van der Waals surface area contributed by atoms with E-state index in [1.54, 1.807) is 4.79 Å². The Morgan fingerprint density at radius 2 is 1.71 bits per heavy atom. The molecule has 0 saturated heterocycles. The molecule has 3 aromatic rings. The monoisotopic (exact) mass is 184 g/mol. The third-order valence-corrected chi connectivity index (χ3v) is 2.14. The Kier molecular flexibility index (Phi) is 1.41. The van der Waals surface area contributed by atoms with E-state index < -0.39 is 0 Å². The molecule has 0 aliphatic rings. The molecule has 4 heteroatoms. The molecule has 0 unspecified atom stereocenters. The van der Waals surface area contributed by atoms with Crippen LogP contribution in [0.2, 0.25) is 0 Å². The van der Waals surface area contributed by atoms with Crippen LogP contribution in [-0.2, 0) is 0 Å². The Bertz CT molecular complexity index is 550. The number of hydrogen-bond donors (Lipinski definition) is 0. The predicted octanol–water partition coefficient (Wildman–Crippen LogP) is 1.54. The molecule has 1 aromatic carbocycles. The first-order chi connectivity index (χ1) is 6.95. The van der Waals surface area contributed by atoms with Gasteiger partial charge in [0.1, 0.15) is 11.0 Å². The largest absolute Gasteiger partial charge is 0.246 e. The molecule has 68 valence electrons. The van der Waals surface area contributed by atoms with Gasteiger partial charge >= 0.3 is 0 Å². The molecule has 0 amide bonds. The third kappa shape index (κ3) is 0.939. The zero-order valence-corrected chi connectivity index (χ0v) is 7.41. The van der Waals surface area contributed by atoms with Gasteiger partial charge in [0.15, 0.2) is 0 Å². The van der Waals surface area contributed by atoms with Crippen molar-refractivity contribution in [1.29, 1.82) is 0 Å². The first kappa shape index (κ1) is 7.32. The van der Waals surface area contributed by atoms with Gasteiger partial charge in [0.2, 0.25) is 0 Å². The van der Waals surface area contributed by atoms with Crippen LogP contribution in [-0.4, -0.2) is 19.8 Å². The van der Waals surface area contributed by atoms with E-state index >= 15 is 0 Å². The van der Waals surface area contributed by atoms with Gasteiger partial charge in [0.05, 0.1) is 0 Å². The quantitative estimate of drug-likeness (QED) is 0.575. The van der Waals surface area contributed by atoms with E-state index in [0.717, 1.165) is 11.0 Å². The molecular weight excluding hydrogens is 176 g/mol. The van der Waals surface area contributed by atoms with E-state index in [-0.39, 0.29) is 0 Å². The topological polar surface area (TPSA) is 35.6 Å². The molecule has 0 radical (unpaired) electrons. The van der Waals surface area contributed by atoms with Crippen LogP contribution in [0.25, 0.3) is 11.0 Å².